The van der Waals surface area contributed by atoms with Crippen LogP contribution in [0.5, 0.6) is 11.5 Å². The number of nitrogens with zero attached hydrogens (tertiary/aromatic N) is 2. The van der Waals surface area contributed by atoms with Gasteiger partial charge in [0, 0.05) is 38.9 Å². The molecule has 1 saturated heterocycles. The van der Waals surface area contributed by atoms with E-state index in [1.54, 1.807) is 0 Å². The van der Waals surface area contributed by atoms with Crippen molar-refractivity contribution >= 4 is 28.5 Å². The fraction of sp³-hybridized carbons (Fsp3) is 0.469. The van der Waals surface area contributed by atoms with Gasteiger partial charge in [-0.1, -0.05) is 6.07 Å². The third-order valence-corrected chi connectivity index (χ3v) is 7.77. The number of carboxylic acid groups (broad SMARTS) is 1. The van der Waals surface area contributed by atoms with Gasteiger partial charge < -0.3 is 44.9 Å². The number of aromatic nitrogens is 1. The number of carboxylic acids is 1. The number of hydrogen-bond donors (Lipinski definition) is 5. The number of hydrogen-bond acceptors (Lipinski definition) is 9. The smallest absolute Gasteiger partial charge is 0.492 e. The molecular formula is C32H37F7N4O8. The minimum absolute atomic E-state index is 0.0580. The molecule has 1 amide bonds. The molecule has 2 aromatic carbocycles. The highest BCUT2D eigenvalue weighted by atomic mass is 19.4. The van der Waals surface area contributed by atoms with Crippen LogP contribution in [0.1, 0.15) is 34.3 Å². The van der Waals surface area contributed by atoms with Crippen molar-refractivity contribution in [2.24, 2.45) is 5.92 Å². The third-order valence-electron chi connectivity index (χ3n) is 7.77. The number of aliphatic hydroxyl groups excluding tert-OH is 2. The molecule has 1 aliphatic rings. The van der Waals surface area contributed by atoms with Gasteiger partial charge in [-0.15, -0.1) is 13.2 Å². The zero-order valence-corrected chi connectivity index (χ0v) is 27.5. The molecule has 5 N–H and O–H groups in total. The van der Waals surface area contributed by atoms with Crippen molar-refractivity contribution in [2.45, 2.75) is 45.4 Å². The Hall–Kier alpha value is -4.62. The van der Waals surface area contributed by atoms with Crippen molar-refractivity contribution in [3.05, 3.63) is 63.2 Å². The predicted molar refractivity (Wildman–Crippen MR) is 169 cm³/mol. The summed E-state index contributed by atoms with van der Waals surface area (Å²) in [6.07, 6.45) is -8.80. The summed E-state index contributed by atoms with van der Waals surface area (Å²) in [5, 5.41) is 30.1. The van der Waals surface area contributed by atoms with Crippen LogP contribution in [-0.2, 0) is 17.9 Å². The number of anilines is 1. The lowest BCUT2D eigenvalue weighted by Gasteiger charge is -2.33. The van der Waals surface area contributed by atoms with Gasteiger partial charge in [0.25, 0.3) is 5.91 Å². The molecule has 0 aliphatic carbocycles. The van der Waals surface area contributed by atoms with Crippen LogP contribution >= 0.6 is 0 Å². The molecule has 2 heterocycles. The molecule has 1 fully saturated rings. The van der Waals surface area contributed by atoms with E-state index < -0.39 is 70.3 Å². The van der Waals surface area contributed by atoms with Gasteiger partial charge in [-0.3, -0.25) is 14.4 Å². The molecule has 0 radical (unpaired) electrons. The van der Waals surface area contributed by atoms with Crippen molar-refractivity contribution in [3.63, 3.8) is 0 Å². The summed E-state index contributed by atoms with van der Waals surface area (Å²) >= 11 is 0. The summed E-state index contributed by atoms with van der Waals surface area (Å²) in [6, 6.07) is 4.02. The van der Waals surface area contributed by atoms with Crippen LogP contribution in [-0.4, -0.2) is 90.8 Å². The number of aliphatic hydroxyl groups is 2. The first-order valence-electron chi connectivity index (χ1n) is 15.4. The highest BCUT2D eigenvalue weighted by Crippen LogP contribution is 2.40. The van der Waals surface area contributed by atoms with E-state index in [-0.39, 0.29) is 62.7 Å². The lowest BCUT2D eigenvalue weighted by molar-refractivity contribution is -0.274. The van der Waals surface area contributed by atoms with E-state index >= 15 is 4.39 Å². The number of nitrogens with one attached hydrogen (secondary N) is 2. The van der Waals surface area contributed by atoms with E-state index in [9.17, 15) is 45.8 Å². The number of fused-ring (bicyclic) bond motifs is 1. The zero-order chi connectivity index (χ0) is 38.1. The molecule has 1 aromatic heterocycles. The number of amides is 1. The number of carbonyl (C=O) groups excluding carboxylic acids is 1. The van der Waals surface area contributed by atoms with Crippen LogP contribution in [0.4, 0.5) is 36.4 Å². The summed E-state index contributed by atoms with van der Waals surface area (Å²) < 4.78 is 104. The predicted octanol–water partition coefficient (Wildman–Crippen LogP) is 3.71. The molecule has 12 nitrogen and oxygen atoms in total. The highest BCUT2D eigenvalue weighted by Gasteiger charge is 2.34. The number of rotatable bonds is 12. The lowest BCUT2D eigenvalue weighted by atomic mass is 9.96. The van der Waals surface area contributed by atoms with Gasteiger partial charge in [0.1, 0.15) is 23.5 Å². The molecule has 3 aromatic rings. The van der Waals surface area contributed by atoms with Gasteiger partial charge in [-0.25, -0.2) is 4.39 Å². The van der Waals surface area contributed by atoms with E-state index in [0.29, 0.717) is 35.5 Å². The van der Waals surface area contributed by atoms with Gasteiger partial charge in [0.2, 0.25) is 5.43 Å². The number of aliphatic carboxylic acids is 1. The second kappa shape index (κ2) is 17.5. The molecule has 0 atom stereocenters. The minimum Gasteiger partial charge on any atom is -0.492 e. The largest absolute Gasteiger partial charge is 0.573 e. The molecule has 0 bridgehead atoms. The molecule has 282 valence electrons. The van der Waals surface area contributed by atoms with Crippen LogP contribution < -0.4 is 30.4 Å². The van der Waals surface area contributed by atoms with Crippen LogP contribution in [0.15, 0.2) is 35.3 Å². The third kappa shape index (κ3) is 11.2. The van der Waals surface area contributed by atoms with Gasteiger partial charge in [-0.05, 0) is 49.1 Å². The summed E-state index contributed by atoms with van der Waals surface area (Å²) in [6.45, 7) is 0.989. The quantitative estimate of drug-likeness (QED) is 0.137. The molecule has 51 heavy (non-hydrogen) atoms. The zero-order valence-electron chi connectivity index (χ0n) is 27.5. The molecule has 0 spiro atoms. The number of pyridine rings is 1. The Labute approximate surface area is 286 Å². The SMILES string of the molecule is COc1c(N2CCC(C(=O)O)CC2)c(F)cc2c(=O)c(C(=O)NCc3ccc(OC(F)(F)F)cc3C)cn(CC(F)(F)F)c12.OCCNCCO. The monoisotopic (exact) mass is 738 g/mol. The molecule has 19 heteroatoms. The molecule has 0 saturated carbocycles. The standard InChI is InChI=1S/C28H26F7N3O6.C4H11NO2/c1-14-9-17(44-28(33,34)35)4-3-16(14)11-36-25(40)19-12-38(13-27(30,31)32)21-18(23(19)39)10-20(29)22(24(21)43-2)37-7-5-15(6-8-37)26(41)42;6-3-1-5-2-4-7/h3-4,9-10,12,15H,5-8,11,13H2,1-2H3,(H,36,40)(H,41,42);5-7H,1-4H2. The number of halogens is 7. The maximum absolute atomic E-state index is 15.5. The average Bonchev–Trinajstić information content (AvgIpc) is 3.04. The normalized spacial score (nSPS) is 13.8. The first-order valence-corrected chi connectivity index (χ1v) is 15.4. The second-order valence-electron chi connectivity index (χ2n) is 11.4. The Morgan fingerprint density at radius 3 is 2.16 bits per heavy atom. The van der Waals surface area contributed by atoms with Crippen molar-refractivity contribution in [2.75, 3.05) is 51.4 Å². The van der Waals surface area contributed by atoms with Crippen LogP contribution in [0, 0.1) is 18.7 Å². The van der Waals surface area contributed by atoms with Crippen molar-refractivity contribution in [3.8, 4) is 11.5 Å². The van der Waals surface area contributed by atoms with Crippen LogP contribution in [0.2, 0.25) is 0 Å². The number of ether oxygens (including phenoxy) is 2. The van der Waals surface area contributed by atoms with E-state index in [1.807, 2.05) is 0 Å². The molecule has 0 unspecified atom stereocenters. The second-order valence-corrected chi connectivity index (χ2v) is 11.4. The Morgan fingerprint density at radius 1 is 1.02 bits per heavy atom. The number of piperidine rings is 1. The van der Waals surface area contributed by atoms with E-state index in [2.05, 4.69) is 15.4 Å². The summed E-state index contributed by atoms with van der Waals surface area (Å²) in [5.41, 5.74) is -1.88. The number of carbonyl (C=O) groups is 2. The van der Waals surface area contributed by atoms with Crippen molar-refractivity contribution in [1.29, 1.82) is 0 Å². The van der Waals surface area contributed by atoms with Gasteiger partial charge in [-0.2, -0.15) is 13.2 Å². The van der Waals surface area contributed by atoms with Crippen molar-refractivity contribution in [1.82, 2.24) is 15.2 Å². The van der Waals surface area contributed by atoms with Gasteiger partial charge in [0.05, 0.1) is 37.1 Å². The minimum atomic E-state index is -4.92. The summed E-state index contributed by atoms with van der Waals surface area (Å²) in [7, 11) is 1.08. The first-order chi connectivity index (χ1) is 23.9. The van der Waals surface area contributed by atoms with E-state index in [1.165, 1.54) is 17.9 Å². The van der Waals surface area contributed by atoms with Gasteiger partial charge >= 0.3 is 18.5 Å². The maximum Gasteiger partial charge on any atom is 0.573 e. The number of methoxy groups -OCH3 is 1. The van der Waals surface area contributed by atoms with E-state index in [0.717, 1.165) is 19.2 Å². The summed E-state index contributed by atoms with van der Waals surface area (Å²) in [4.78, 5) is 39.2. The van der Waals surface area contributed by atoms with E-state index in [4.69, 9.17) is 14.9 Å². The summed E-state index contributed by atoms with van der Waals surface area (Å²) in [5.74, 6) is -4.73. The number of aryl methyl sites for hydroxylation is 1. The Bertz CT molecular complexity index is 1740. The van der Waals surface area contributed by atoms with Crippen molar-refractivity contribution < 1.29 is 65.1 Å². The van der Waals surface area contributed by atoms with Gasteiger partial charge in [0.15, 0.2) is 11.6 Å². The maximum atomic E-state index is 15.5. The lowest BCUT2D eigenvalue weighted by Crippen LogP contribution is -2.37. The molecule has 1 aliphatic heterocycles. The Morgan fingerprint density at radius 2 is 1.65 bits per heavy atom. The fourth-order valence-electron chi connectivity index (χ4n) is 5.42. The van der Waals surface area contributed by atoms with Crippen LogP contribution in [0.3, 0.4) is 0 Å². The average molecular weight is 739 g/mol. The molecule has 4 rings (SSSR count). The molecular weight excluding hydrogens is 701 g/mol. The highest BCUT2D eigenvalue weighted by molar-refractivity contribution is 5.99. The Balaban J connectivity index is 0.000000908. The fourth-order valence-corrected chi connectivity index (χ4v) is 5.42. The number of benzene rings is 2. The Kier molecular flexibility index (Phi) is 14.0. The topological polar surface area (TPSA) is 163 Å². The number of alkyl halides is 6. The van der Waals surface area contributed by atoms with Crippen LogP contribution in [0.25, 0.3) is 10.9 Å². The first kappa shape index (κ1) is 40.8.